The lowest BCUT2D eigenvalue weighted by Crippen LogP contribution is -2.05. The zero-order valence-corrected chi connectivity index (χ0v) is 10.7. The molecular weight excluding hydrogens is 295 g/mol. The van der Waals surface area contributed by atoms with Gasteiger partial charge in [-0.2, -0.15) is 13.2 Å². The van der Waals surface area contributed by atoms with Crippen LogP contribution in [0, 0.1) is 0 Å². The quantitative estimate of drug-likeness (QED) is 0.940. The Labute approximate surface area is 115 Å². The van der Waals surface area contributed by atoms with Crippen LogP contribution in [0.25, 0.3) is 0 Å². The number of alkyl halides is 3. The third-order valence-corrected chi connectivity index (χ3v) is 3.12. The Morgan fingerprint density at radius 3 is 2.75 bits per heavy atom. The Bertz CT molecular complexity index is 624. The van der Waals surface area contributed by atoms with Crippen molar-refractivity contribution in [1.82, 2.24) is 4.98 Å². The van der Waals surface area contributed by atoms with E-state index in [1.807, 2.05) is 0 Å². The summed E-state index contributed by atoms with van der Waals surface area (Å²) in [5.41, 5.74) is -0.919. The van der Waals surface area contributed by atoms with Gasteiger partial charge in [-0.05, 0) is 18.2 Å². The minimum atomic E-state index is -4.43. The van der Waals surface area contributed by atoms with E-state index in [1.54, 1.807) is 0 Å². The molecule has 4 nitrogen and oxygen atoms in total. The fourth-order valence-corrected chi connectivity index (χ4v) is 2.06. The molecule has 0 radical (unpaired) electrons. The molecule has 0 bridgehead atoms. The number of aromatic nitrogens is 1. The monoisotopic (exact) mass is 303 g/mol. The highest BCUT2D eigenvalue weighted by Crippen LogP contribution is 2.31. The lowest BCUT2D eigenvalue weighted by Gasteiger charge is -2.09. The Balaban J connectivity index is 2.05. The normalized spacial score (nSPS) is 11.3. The van der Waals surface area contributed by atoms with Gasteiger partial charge in [0.15, 0.2) is 5.69 Å². The van der Waals surface area contributed by atoms with Gasteiger partial charge in [-0.25, -0.2) is 9.78 Å². The second kappa shape index (κ2) is 5.49. The van der Waals surface area contributed by atoms with Crippen molar-refractivity contribution in [2.24, 2.45) is 0 Å². The van der Waals surface area contributed by atoms with Crippen LogP contribution in [0.1, 0.15) is 21.1 Å². The topological polar surface area (TPSA) is 59.4 Å². The molecule has 20 heavy (non-hydrogen) atoms. The third kappa shape index (κ3) is 3.47. The highest BCUT2D eigenvalue weighted by Gasteiger charge is 2.30. The van der Waals surface area contributed by atoms with Crippen LogP contribution < -0.4 is 4.74 Å². The fourth-order valence-electron chi connectivity index (χ4n) is 1.38. The summed E-state index contributed by atoms with van der Waals surface area (Å²) < 4.78 is 42.7. The molecule has 0 unspecified atom stereocenters. The molecule has 2 aromatic rings. The van der Waals surface area contributed by atoms with Crippen molar-refractivity contribution in [2.45, 2.75) is 12.8 Å². The number of halogens is 3. The average Bonchev–Trinajstić information content (AvgIpc) is 2.85. The van der Waals surface area contributed by atoms with E-state index < -0.39 is 17.7 Å². The van der Waals surface area contributed by atoms with Crippen LogP contribution in [0.4, 0.5) is 13.2 Å². The van der Waals surface area contributed by atoms with E-state index in [2.05, 4.69) is 4.98 Å². The van der Waals surface area contributed by atoms with Crippen molar-refractivity contribution >= 4 is 17.3 Å². The van der Waals surface area contributed by atoms with Crippen molar-refractivity contribution < 1.29 is 27.8 Å². The first-order valence-corrected chi connectivity index (χ1v) is 6.22. The highest BCUT2D eigenvalue weighted by molar-refractivity contribution is 7.09. The van der Waals surface area contributed by atoms with Crippen LogP contribution in [0.15, 0.2) is 29.6 Å². The van der Waals surface area contributed by atoms with Gasteiger partial charge in [0.2, 0.25) is 0 Å². The summed E-state index contributed by atoms with van der Waals surface area (Å²) in [5, 5.41) is 10.4. The van der Waals surface area contributed by atoms with E-state index in [0.717, 1.165) is 23.5 Å². The molecule has 0 saturated heterocycles. The minimum Gasteiger partial charge on any atom is -0.486 e. The molecule has 8 heteroatoms. The number of benzene rings is 1. The Hall–Kier alpha value is -2.09. The summed E-state index contributed by atoms with van der Waals surface area (Å²) in [6, 6.07) is 4.45. The molecule has 1 heterocycles. The molecule has 0 aliphatic rings. The van der Waals surface area contributed by atoms with Gasteiger partial charge in [0, 0.05) is 5.38 Å². The van der Waals surface area contributed by atoms with Crippen molar-refractivity contribution in [3.8, 4) is 5.75 Å². The summed E-state index contributed by atoms with van der Waals surface area (Å²) in [7, 11) is 0. The number of hydrogen-bond acceptors (Lipinski definition) is 4. The van der Waals surface area contributed by atoms with Gasteiger partial charge in [0.1, 0.15) is 17.4 Å². The maximum Gasteiger partial charge on any atom is 0.416 e. The highest BCUT2D eigenvalue weighted by atomic mass is 32.1. The number of thiazole rings is 1. The fraction of sp³-hybridized carbons (Fsp3) is 0.167. The van der Waals surface area contributed by atoms with E-state index in [-0.39, 0.29) is 18.1 Å². The number of rotatable bonds is 4. The van der Waals surface area contributed by atoms with Gasteiger partial charge in [-0.15, -0.1) is 11.3 Å². The lowest BCUT2D eigenvalue weighted by molar-refractivity contribution is -0.137. The summed E-state index contributed by atoms with van der Waals surface area (Å²) in [6.45, 7) is -0.0841. The Morgan fingerprint density at radius 1 is 1.40 bits per heavy atom. The van der Waals surface area contributed by atoms with Crippen LogP contribution in [0.3, 0.4) is 0 Å². The van der Waals surface area contributed by atoms with Crippen molar-refractivity contribution in [2.75, 3.05) is 0 Å². The maximum atomic E-state index is 12.5. The molecule has 0 atom stereocenters. The van der Waals surface area contributed by atoms with Crippen molar-refractivity contribution in [3.63, 3.8) is 0 Å². The molecule has 0 saturated carbocycles. The number of aromatic carboxylic acids is 1. The third-order valence-electron chi connectivity index (χ3n) is 2.29. The largest absolute Gasteiger partial charge is 0.486 e. The summed E-state index contributed by atoms with van der Waals surface area (Å²) in [5.74, 6) is -1.11. The zero-order chi connectivity index (χ0) is 14.8. The molecule has 0 aliphatic heterocycles. The second-order valence-corrected chi connectivity index (χ2v) is 4.69. The van der Waals surface area contributed by atoms with Crippen LogP contribution >= 0.6 is 11.3 Å². The van der Waals surface area contributed by atoms with Crippen LogP contribution in [0.2, 0.25) is 0 Å². The molecule has 1 N–H and O–H groups in total. The summed E-state index contributed by atoms with van der Waals surface area (Å²) in [6.07, 6.45) is -4.43. The SMILES string of the molecule is O=C(O)c1csc(COc2cccc(C(F)(F)F)c2)n1. The van der Waals surface area contributed by atoms with E-state index >= 15 is 0 Å². The molecule has 0 amide bonds. The Morgan fingerprint density at radius 2 is 2.15 bits per heavy atom. The predicted octanol–water partition coefficient (Wildman–Crippen LogP) is 3.44. The standard InChI is InChI=1S/C12H8F3NO3S/c13-12(14,15)7-2-1-3-8(4-7)19-5-10-16-9(6-20-10)11(17)18/h1-4,6H,5H2,(H,17,18). The van der Waals surface area contributed by atoms with Gasteiger partial charge < -0.3 is 9.84 Å². The predicted molar refractivity (Wildman–Crippen MR) is 64.8 cm³/mol. The lowest BCUT2D eigenvalue weighted by atomic mass is 10.2. The zero-order valence-electron chi connectivity index (χ0n) is 9.85. The first-order chi connectivity index (χ1) is 9.36. The molecule has 0 aliphatic carbocycles. The summed E-state index contributed by atoms with van der Waals surface area (Å²) >= 11 is 1.07. The minimum absolute atomic E-state index is 0.0481. The smallest absolute Gasteiger partial charge is 0.416 e. The molecule has 0 fully saturated rings. The molecule has 2 rings (SSSR count). The molecule has 106 valence electrons. The van der Waals surface area contributed by atoms with Crippen molar-refractivity contribution in [1.29, 1.82) is 0 Å². The van der Waals surface area contributed by atoms with Crippen LogP contribution in [-0.2, 0) is 12.8 Å². The number of ether oxygens (including phenoxy) is 1. The van der Waals surface area contributed by atoms with Gasteiger partial charge in [0.25, 0.3) is 0 Å². The van der Waals surface area contributed by atoms with Crippen LogP contribution in [0.5, 0.6) is 5.75 Å². The van der Waals surface area contributed by atoms with Gasteiger partial charge >= 0.3 is 12.1 Å². The Kier molecular flexibility index (Phi) is 3.93. The average molecular weight is 303 g/mol. The number of nitrogens with zero attached hydrogens (tertiary/aromatic N) is 1. The van der Waals surface area contributed by atoms with E-state index in [4.69, 9.17) is 9.84 Å². The van der Waals surface area contributed by atoms with Gasteiger partial charge in [-0.1, -0.05) is 6.07 Å². The van der Waals surface area contributed by atoms with E-state index in [1.165, 1.54) is 17.5 Å². The molecular formula is C12H8F3NO3S. The van der Waals surface area contributed by atoms with Crippen molar-refractivity contribution in [3.05, 3.63) is 45.9 Å². The second-order valence-electron chi connectivity index (χ2n) is 3.75. The molecule has 0 spiro atoms. The van der Waals surface area contributed by atoms with Gasteiger partial charge in [-0.3, -0.25) is 0 Å². The number of carboxylic acid groups (broad SMARTS) is 1. The molecule has 1 aromatic heterocycles. The number of carbonyl (C=O) groups is 1. The van der Waals surface area contributed by atoms with Gasteiger partial charge in [0.05, 0.1) is 5.56 Å². The van der Waals surface area contributed by atoms with E-state index in [9.17, 15) is 18.0 Å². The van der Waals surface area contributed by atoms with E-state index in [0.29, 0.717) is 5.01 Å². The van der Waals surface area contributed by atoms with Crippen LogP contribution in [-0.4, -0.2) is 16.1 Å². The first-order valence-electron chi connectivity index (χ1n) is 5.34. The number of hydrogen-bond donors (Lipinski definition) is 1. The number of carboxylic acids is 1. The maximum absolute atomic E-state index is 12.5. The summed E-state index contributed by atoms with van der Waals surface area (Å²) in [4.78, 5) is 14.4. The first kappa shape index (κ1) is 14.3. The molecule has 1 aromatic carbocycles.